The molecular weight excluding hydrogens is 192 g/mol. The van der Waals surface area contributed by atoms with Crippen LogP contribution in [0.1, 0.15) is 5.69 Å². The summed E-state index contributed by atoms with van der Waals surface area (Å²) < 4.78 is 6.39. The number of esters is 1. The Morgan fingerprint density at radius 2 is 2.40 bits per heavy atom. The molecule has 2 aromatic rings. The summed E-state index contributed by atoms with van der Waals surface area (Å²) in [5.41, 5.74) is 1.69. The molecule has 0 aromatic carbocycles. The molecule has 0 aliphatic heterocycles. The molecule has 4 nitrogen and oxygen atoms in total. The van der Waals surface area contributed by atoms with E-state index < -0.39 is 0 Å². The number of nitrogens with zero attached hydrogens (tertiary/aromatic N) is 2. The van der Waals surface area contributed by atoms with Gasteiger partial charge in [-0.15, -0.1) is 0 Å². The monoisotopic (exact) mass is 202 g/mol. The highest BCUT2D eigenvalue weighted by Gasteiger charge is 1.98. The summed E-state index contributed by atoms with van der Waals surface area (Å²) in [6.45, 7) is 0. The largest absolute Gasteiger partial charge is 0.466 e. The summed E-state index contributed by atoms with van der Waals surface area (Å²) in [5, 5.41) is 0. The van der Waals surface area contributed by atoms with E-state index in [0.29, 0.717) is 0 Å². The molecule has 0 saturated heterocycles. The number of rotatable bonds is 2. The van der Waals surface area contributed by atoms with Crippen LogP contribution in [0.15, 0.2) is 36.7 Å². The first-order valence-electron chi connectivity index (χ1n) is 4.49. The predicted molar refractivity (Wildman–Crippen MR) is 56.2 cm³/mol. The zero-order chi connectivity index (χ0) is 10.7. The van der Waals surface area contributed by atoms with Crippen molar-refractivity contribution in [1.82, 2.24) is 9.38 Å². The Morgan fingerprint density at radius 1 is 1.53 bits per heavy atom. The fraction of sp³-hybridized carbons (Fsp3) is 0.0909. The number of carbonyl (C=O) groups excluding carboxylic acids is 1. The highest BCUT2D eigenvalue weighted by Crippen LogP contribution is 2.07. The van der Waals surface area contributed by atoms with Crippen molar-refractivity contribution >= 4 is 17.7 Å². The summed E-state index contributed by atoms with van der Waals surface area (Å²) in [4.78, 5) is 15.1. The number of methoxy groups -OCH3 is 1. The van der Waals surface area contributed by atoms with Crippen LogP contribution in [0, 0.1) is 0 Å². The molecule has 2 heterocycles. The topological polar surface area (TPSA) is 43.6 Å². The third kappa shape index (κ3) is 1.88. The number of hydrogen-bond acceptors (Lipinski definition) is 3. The first kappa shape index (κ1) is 9.45. The summed E-state index contributed by atoms with van der Waals surface area (Å²) in [5.74, 6) is -0.374. The Labute approximate surface area is 86.8 Å². The molecule has 0 fully saturated rings. The maximum Gasteiger partial charge on any atom is 0.330 e. The van der Waals surface area contributed by atoms with Crippen LogP contribution >= 0.6 is 0 Å². The lowest BCUT2D eigenvalue weighted by Gasteiger charge is -1.94. The zero-order valence-corrected chi connectivity index (χ0v) is 8.25. The standard InChI is InChI=1S/C11H10N2O2/c1-15-11(14)6-5-9-8-12-10-4-2-3-7-13(9)10/h2-8H,1H3/b6-5+. The number of imidazole rings is 1. The van der Waals surface area contributed by atoms with E-state index in [2.05, 4.69) is 9.72 Å². The van der Waals surface area contributed by atoms with Crippen LogP contribution in [0.2, 0.25) is 0 Å². The smallest absolute Gasteiger partial charge is 0.330 e. The van der Waals surface area contributed by atoms with Gasteiger partial charge in [0.2, 0.25) is 0 Å². The van der Waals surface area contributed by atoms with Crippen LogP contribution in [0.5, 0.6) is 0 Å². The highest BCUT2D eigenvalue weighted by atomic mass is 16.5. The Balaban J connectivity index is 2.36. The molecule has 2 rings (SSSR count). The molecule has 0 radical (unpaired) electrons. The number of pyridine rings is 1. The van der Waals surface area contributed by atoms with Gasteiger partial charge in [0.15, 0.2) is 0 Å². The molecule has 2 aromatic heterocycles. The summed E-state index contributed by atoms with van der Waals surface area (Å²) in [6, 6.07) is 5.72. The molecule has 0 saturated carbocycles. The van der Waals surface area contributed by atoms with Crippen LogP contribution in [-0.4, -0.2) is 22.5 Å². The van der Waals surface area contributed by atoms with Gasteiger partial charge in [-0.2, -0.15) is 0 Å². The average Bonchev–Trinajstić information content (AvgIpc) is 2.69. The minimum absolute atomic E-state index is 0.374. The van der Waals surface area contributed by atoms with Gasteiger partial charge in [0.05, 0.1) is 19.0 Å². The minimum Gasteiger partial charge on any atom is -0.466 e. The third-order valence-corrected chi connectivity index (χ3v) is 2.04. The molecule has 0 unspecified atom stereocenters. The van der Waals surface area contributed by atoms with E-state index >= 15 is 0 Å². The fourth-order valence-electron chi connectivity index (χ4n) is 1.30. The molecular formula is C11H10N2O2. The van der Waals surface area contributed by atoms with Crippen LogP contribution < -0.4 is 0 Å². The molecule has 0 aliphatic rings. The van der Waals surface area contributed by atoms with Gasteiger partial charge in [-0.25, -0.2) is 9.78 Å². The fourth-order valence-corrected chi connectivity index (χ4v) is 1.30. The van der Waals surface area contributed by atoms with E-state index in [1.165, 1.54) is 13.2 Å². The summed E-state index contributed by atoms with van der Waals surface area (Å²) >= 11 is 0. The molecule has 0 amide bonds. The molecule has 0 spiro atoms. The normalized spacial score (nSPS) is 11.0. The Hall–Kier alpha value is -2.10. The Bertz CT molecular complexity index is 514. The van der Waals surface area contributed by atoms with Gasteiger partial charge in [-0.3, -0.25) is 0 Å². The van der Waals surface area contributed by atoms with Crippen molar-refractivity contribution in [3.05, 3.63) is 42.4 Å². The molecule has 76 valence electrons. The number of hydrogen-bond donors (Lipinski definition) is 0. The van der Waals surface area contributed by atoms with E-state index in [1.54, 1.807) is 12.3 Å². The van der Waals surface area contributed by atoms with Gasteiger partial charge < -0.3 is 9.14 Å². The second kappa shape index (κ2) is 3.96. The van der Waals surface area contributed by atoms with E-state index in [0.717, 1.165) is 11.3 Å². The van der Waals surface area contributed by atoms with E-state index in [4.69, 9.17) is 0 Å². The molecule has 0 bridgehead atoms. The predicted octanol–water partition coefficient (Wildman–Crippen LogP) is 1.52. The van der Waals surface area contributed by atoms with Crippen LogP contribution in [0.3, 0.4) is 0 Å². The maximum absolute atomic E-state index is 10.9. The number of aromatic nitrogens is 2. The van der Waals surface area contributed by atoms with E-state index in [-0.39, 0.29) is 5.97 Å². The second-order valence-corrected chi connectivity index (χ2v) is 2.97. The molecule has 0 aliphatic carbocycles. The lowest BCUT2D eigenvalue weighted by Crippen LogP contribution is -1.94. The lowest BCUT2D eigenvalue weighted by atomic mass is 10.4. The quantitative estimate of drug-likeness (QED) is 0.547. The van der Waals surface area contributed by atoms with Crippen molar-refractivity contribution in [2.75, 3.05) is 7.11 Å². The van der Waals surface area contributed by atoms with Gasteiger partial charge in [0, 0.05) is 12.3 Å². The number of carbonyl (C=O) groups is 1. The average molecular weight is 202 g/mol. The maximum atomic E-state index is 10.9. The van der Waals surface area contributed by atoms with Gasteiger partial charge in [-0.1, -0.05) is 6.07 Å². The first-order valence-corrected chi connectivity index (χ1v) is 4.49. The number of fused-ring (bicyclic) bond motifs is 1. The van der Waals surface area contributed by atoms with Crippen LogP contribution in [0.4, 0.5) is 0 Å². The van der Waals surface area contributed by atoms with Crippen molar-refractivity contribution in [2.24, 2.45) is 0 Å². The Kier molecular flexibility index (Phi) is 2.49. The number of ether oxygens (including phenoxy) is 1. The van der Waals surface area contributed by atoms with Crippen molar-refractivity contribution in [2.45, 2.75) is 0 Å². The van der Waals surface area contributed by atoms with Crippen molar-refractivity contribution < 1.29 is 9.53 Å². The van der Waals surface area contributed by atoms with E-state index in [1.807, 2.05) is 28.8 Å². The van der Waals surface area contributed by atoms with Gasteiger partial charge >= 0.3 is 5.97 Å². The molecule has 15 heavy (non-hydrogen) atoms. The van der Waals surface area contributed by atoms with Crippen LogP contribution in [-0.2, 0) is 9.53 Å². The first-order chi connectivity index (χ1) is 7.31. The van der Waals surface area contributed by atoms with Crippen molar-refractivity contribution in [1.29, 1.82) is 0 Å². The second-order valence-electron chi connectivity index (χ2n) is 2.97. The summed E-state index contributed by atoms with van der Waals surface area (Å²) in [7, 11) is 1.35. The van der Waals surface area contributed by atoms with Gasteiger partial charge in [0.25, 0.3) is 0 Å². The molecule has 0 N–H and O–H groups in total. The van der Waals surface area contributed by atoms with E-state index in [9.17, 15) is 4.79 Å². The SMILES string of the molecule is COC(=O)/C=C/c1cnc2ccccn12. The highest BCUT2D eigenvalue weighted by molar-refractivity contribution is 5.86. The lowest BCUT2D eigenvalue weighted by molar-refractivity contribution is -0.134. The molecule has 0 atom stereocenters. The van der Waals surface area contributed by atoms with Crippen LogP contribution in [0.25, 0.3) is 11.7 Å². The summed E-state index contributed by atoms with van der Waals surface area (Å²) in [6.07, 6.45) is 6.64. The third-order valence-electron chi connectivity index (χ3n) is 2.04. The van der Waals surface area contributed by atoms with Gasteiger partial charge in [0.1, 0.15) is 5.65 Å². The zero-order valence-electron chi connectivity index (χ0n) is 8.25. The minimum atomic E-state index is -0.374. The Morgan fingerprint density at radius 3 is 3.20 bits per heavy atom. The van der Waals surface area contributed by atoms with Crippen molar-refractivity contribution in [3.63, 3.8) is 0 Å². The molecule has 4 heteroatoms. The van der Waals surface area contributed by atoms with Gasteiger partial charge in [-0.05, 0) is 18.2 Å². The van der Waals surface area contributed by atoms with Crippen molar-refractivity contribution in [3.8, 4) is 0 Å².